The second-order valence-corrected chi connectivity index (χ2v) is 10.3. The molecular formula is C17H27I. The maximum atomic E-state index is 2.69. The van der Waals surface area contributed by atoms with Gasteiger partial charge in [-0.3, -0.25) is 0 Å². The Morgan fingerprint density at radius 1 is 1.22 bits per heavy atom. The fourth-order valence-corrected chi connectivity index (χ4v) is 6.05. The summed E-state index contributed by atoms with van der Waals surface area (Å²) in [7, 11) is 0. The van der Waals surface area contributed by atoms with Crippen LogP contribution in [0.15, 0.2) is 11.6 Å². The largest absolute Gasteiger partial charge is 0.0832 e. The van der Waals surface area contributed by atoms with Gasteiger partial charge in [0.1, 0.15) is 0 Å². The SMILES string of the molecule is C[C@H]1CCC[C@@]2(C)C3=CC[C@](C)(I)CC3CCC12. The molecule has 3 aliphatic rings. The van der Waals surface area contributed by atoms with Crippen molar-refractivity contribution in [2.24, 2.45) is 23.2 Å². The summed E-state index contributed by atoms with van der Waals surface area (Å²) in [5.41, 5.74) is 2.44. The molecular weight excluding hydrogens is 331 g/mol. The quantitative estimate of drug-likeness (QED) is 0.294. The summed E-state index contributed by atoms with van der Waals surface area (Å²) in [5, 5.41) is 0. The lowest BCUT2D eigenvalue weighted by molar-refractivity contribution is 0.0461. The van der Waals surface area contributed by atoms with Crippen molar-refractivity contribution in [3.05, 3.63) is 11.6 Å². The monoisotopic (exact) mass is 358 g/mol. The Hall–Kier alpha value is 0.470. The van der Waals surface area contributed by atoms with Gasteiger partial charge < -0.3 is 0 Å². The number of hydrogen-bond acceptors (Lipinski definition) is 0. The molecule has 3 aliphatic carbocycles. The first-order chi connectivity index (χ1) is 8.42. The molecule has 18 heavy (non-hydrogen) atoms. The molecule has 0 nitrogen and oxygen atoms in total. The molecule has 1 heteroatoms. The predicted octanol–water partition coefficient (Wildman–Crippen LogP) is 5.75. The van der Waals surface area contributed by atoms with Crippen molar-refractivity contribution in [3.8, 4) is 0 Å². The first-order valence-corrected chi connectivity index (χ1v) is 8.90. The molecule has 3 rings (SSSR count). The Morgan fingerprint density at radius 3 is 2.78 bits per heavy atom. The molecule has 0 saturated heterocycles. The van der Waals surface area contributed by atoms with Gasteiger partial charge in [0, 0.05) is 3.42 Å². The van der Waals surface area contributed by atoms with Crippen LogP contribution in [0.5, 0.6) is 0 Å². The standard InChI is InChI=1S/C17H27I/c1-12-5-4-9-17(3)14(12)7-6-13-11-16(2,18)10-8-15(13)17/h8,12-14H,4-7,9-11H2,1-3H3/t12-,13?,14?,16-,17+/m0/s1. The van der Waals surface area contributed by atoms with Gasteiger partial charge in [0.15, 0.2) is 0 Å². The Kier molecular flexibility index (Phi) is 3.36. The normalized spacial score (nSPS) is 52.2. The van der Waals surface area contributed by atoms with Crippen molar-refractivity contribution in [2.45, 2.75) is 69.1 Å². The zero-order valence-corrected chi connectivity index (χ0v) is 14.3. The van der Waals surface area contributed by atoms with Gasteiger partial charge in [0.05, 0.1) is 0 Å². The minimum Gasteiger partial charge on any atom is -0.0832 e. The first kappa shape index (κ1) is 13.5. The smallest absolute Gasteiger partial charge is 0.0234 e. The molecule has 102 valence electrons. The van der Waals surface area contributed by atoms with Crippen LogP contribution in [-0.4, -0.2) is 3.42 Å². The molecule has 2 saturated carbocycles. The van der Waals surface area contributed by atoms with Crippen molar-refractivity contribution in [2.75, 3.05) is 0 Å². The van der Waals surface area contributed by atoms with Gasteiger partial charge in [0.2, 0.25) is 0 Å². The topological polar surface area (TPSA) is 0 Å². The number of rotatable bonds is 0. The fraction of sp³-hybridized carbons (Fsp3) is 0.882. The molecule has 2 fully saturated rings. The van der Waals surface area contributed by atoms with E-state index in [1.807, 2.05) is 5.57 Å². The first-order valence-electron chi connectivity index (χ1n) is 7.82. The molecule has 0 amide bonds. The van der Waals surface area contributed by atoms with E-state index in [2.05, 4.69) is 49.4 Å². The second kappa shape index (κ2) is 4.49. The van der Waals surface area contributed by atoms with Crippen LogP contribution in [0, 0.1) is 23.2 Å². The third-order valence-electron chi connectivity index (χ3n) is 6.21. The predicted molar refractivity (Wildman–Crippen MR) is 87.1 cm³/mol. The highest BCUT2D eigenvalue weighted by Crippen LogP contribution is 2.60. The minimum atomic E-state index is 0.523. The number of hydrogen-bond donors (Lipinski definition) is 0. The average Bonchev–Trinajstić information content (AvgIpc) is 2.26. The highest BCUT2D eigenvalue weighted by atomic mass is 127. The molecule has 2 unspecified atom stereocenters. The summed E-state index contributed by atoms with van der Waals surface area (Å²) in [6, 6.07) is 0. The van der Waals surface area contributed by atoms with Gasteiger partial charge in [0.25, 0.3) is 0 Å². The van der Waals surface area contributed by atoms with Crippen LogP contribution in [0.1, 0.15) is 65.7 Å². The maximum Gasteiger partial charge on any atom is 0.0234 e. The Bertz CT molecular complexity index is 368. The summed E-state index contributed by atoms with van der Waals surface area (Å²) in [4.78, 5) is 0. The Balaban J connectivity index is 1.94. The molecule has 0 N–H and O–H groups in total. The van der Waals surface area contributed by atoms with Gasteiger partial charge in [-0.05, 0) is 55.3 Å². The molecule has 0 radical (unpaired) electrons. The highest BCUT2D eigenvalue weighted by Gasteiger charge is 2.49. The molecule has 0 aromatic rings. The molecule has 0 aromatic carbocycles. The van der Waals surface area contributed by atoms with E-state index in [0.29, 0.717) is 8.84 Å². The lowest BCUT2D eigenvalue weighted by Gasteiger charge is -2.55. The average molecular weight is 358 g/mol. The third kappa shape index (κ3) is 2.09. The van der Waals surface area contributed by atoms with E-state index in [0.717, 1.165) is 17.8 Å². The van der Waals surface area contributed by atoms with Gasteiger partial charge in [-0.15, -0.1) is 0 Å². The van der Waals surface area contributed by atoms with Gasteiger partial charge in [-0.2, -0.15) is 0 Å². The zero-order chi connectivity index (χ0) is 13.0. The summed E-state index contributed by atoms with van der Waals surface area (Å²) in [6.45, 7) is 7.55. The van der Waals surface area contributed by atoms with E-state index >= 15 is 0 Å². The lowest BCUT2D eigenvalue weighted by atomic mass is 9.51. The Labute approximate surface area is 126 Å². The van der Waals surface area contributed by atoms with E-state index < -0.39 is 0 Å². The van der Waals surface area contributed by atoms with Crippen LogP contribution >= 0.6 is 22.6 Å². The number of halogens is 1. The van der Waals surface area contributed by atoms with E-state index in [4.69, 9.17) is 0 Å². The molecule has 0 spiro atoms. The maximum absolute atomic E-state index is 2.69. The molecule has 0 bridgehead atoms. The molecule has 0 heterocycles. The zero-order valence-electron chi connectivity index (χ0n) is 12.1. The van der Waals surface area contributed by atoms with E-state index in [1.54, 1.807) is 0 Å². The second-order valence-electron chi connectivity index (χ2n) is 7.65. The van der Waals surface area contributed by atoms with Crippen LogP contribution < -0.4 is 0 Å². The van der Waals surface area contributed by atoms with E-state index in [-0.39, 0.29) is 0 Å². The summed E-state index contributed by atoms with van der Waals surface area (Å²) < 4.78 is 0.523. The fourth-order valence-electron chi connectivity index (χ4n) is 5.30. The summed E-state index contributed by atoms with van der Waals surface area (Å²) >= 11 is 2.69. The highest BCUT2D eigenvalue weighted by molar-refractivity contribution is 14.1. The van der Waals surface area contributed by atoms with Crippen LogP contribution in [0.2, 0.25) is 0 Å². The number of allylic oxidation sites excluding steroid dienone is 2. The molecule has 0 aromatic heterocycles. The van der Waals surface area contributed by atoms with E-state index in [9.17, 15) is 0 Å². The van der Waals surface area contributed by atoms with Gasteiger partial charge in [-0.1, -0.05) is 67.9 Å². The van der Waals surface area contributed by atoms with Gasteiger partial charge >= 0.3 is 0 Å². The minimum absolute atomic E-state index is 0.523. The van der Waals surface area contributed by atoms with Crippen LogP contribution in [-0.2, 0) is 0 Å². The van der Waals surface area contributed by atoms with Crippen molar-refractivity contribution < 1.29 is 0 Å². The Morgan fingerprint density at radius 2 is 2.00 bits per heavy atom. The summed E-state index contributed by atoms with van der Waals surface area (Å²) in [6.07, 6.45) is 12.7. The van der Waals surface area contributed by atoms with Gasteiger partial charge in [-0.25, -0.2) is 0 Å². The number of fused-ring (bicyclic) bond motifs is 3. The van der Waals surface area contributed by atoms with E-state index in [1.165, 1.54) is 44.9 Å². The molecule has 5 atom stereocenters. The number of alkyl halides is 1. The van der Waals surface area contributed by atoms with Crippen molar-refractivity contribution in [1.82, 2.24) is 0 Å². The van der Waals surface area contributed by atoms with Crippen molar-refractivity contribution >= 4 is 22.6 Å². The third-order valence-corrected chi connectivity index (χ3v) is 7.09. The van der Waals surface area contributed by atoms with Crippen LogP contribution in [0.4, 0.5) is 0 Å². The van der Waals surface area contributed by atoms with Crippen molar-refractivity contribution in [1.29, 1.82) is 0 Å². The van der Waals surface area contributed by atoms with Crippen LogP contribution in [0.25, 0.3) is 0 Å². The van der Waals surface area contributed by atoms with Crippen LogP contribution in [0.3, 0.4) is 0 Å². The molecule has 0 aliphatic heterocycles. The lowest BCUT2D eigenvalue weighted by Crippen LogP contribution is -2.45. The van der Waals surface area contributed by atoms with Crippen molar-refractivity contribution in [3.63, 3.8) is 0 Å². The summed E-state index contributed by atoms with van der Waals surface area (Å²) in [5.74, 6) is 2.85.